The second-order valence-electron chi connectivity index (χ2n) is 9.57. The second-order valence-corrected chi connectivity index (χ2v) is 9.97. The maximum Gasteiger partial charge on any atom is 0.417 e. The van der Waals surface area contributed by atoms with Gasteiger partial charge in [0.05, 0.1) is 10.6 Å². The Hall–Kier alpha value is -2.14. The molecule has 0 atom stereocenters. The van der Waals surface area contributed by atoms with E-state index in [9.17, 15) is 22.8 Å². The Labute approximate surface area is 185 Å². The zero-order valence-electron chi connectivity index (χ0n) is 18.3. The lowest BCUT2D eigenvalue weighted by Crippen LogP contribution is -2.48. The molecule has 2 aromatic carbocycles. The number of aryl methyl sites for hydroxylation is 1. The summed E-state index contributed by atoms with van der Waals surface area (Å²) in [7, 11) is 0. The van der Waals surface area contributed by atoms with Crippen molar-refractivity contribution in [1.29, 1.82) is 0 Å². The van der Waals surface area contributed by atoms with E-state index in [4.69, 9.17) is 11.6 Å². The minimum atomic E-state index is -4.58. The Morgan fingerprint density at radius 3 is 1.97 bits per heavy atom. The SMILES string of the molecule is CCc1ccc(-c2ccc(Cl)c(C(F)(F)F)c2)cc1C1C(=O)C(C)(C)CC(C)(C)C1=O. The Morgan fingerprint density at radius 2 is 1.45 bits per heavy atom. The maximum atomic E-state index is 13.3. The van der Waals surface area contributed by atoms with Crippen LogP contribution in [-0.4, -0.2) is 11.6 Å². The third-order valence-corrected chi connectivity index (χ3v) is 6.51. The standard InChI is InChI=1S/C25H26ClF3O2/c1-6-14-7-8-15(16-9-10-19(26)18(12-16)25(27,28)29)11-17(14)20-21(30)23(2,3)13-24(4,5)22(20)31/h7-12,20H,6,13H2,1-5H3. The number of carbonyl (C=O) groups excluding carboxylic acids is 2. The first kappa shape index (κ1) is 23.5. The topological polar surface area (TPSA) is 34.1 Å². The van der Waals surface area contributed by atoms with E-state index >= 15 is 0 Å². The van der Waals surface area contributed by atoms with Gasteiger partial charge in [-0.1, -0.05) is 64.4 Å². The highest BCUT2D eigenvalue weighted by Gasteiger charge is 2.52. The fraction of sp³-hybridized carbons (Fsp3) is 0.440. The molecule has 0 spiro atoms. The van der Waals surface area contributed by atoms with Crippen LogP contribution in [0.2, 0.25) is 5.02 Å². The van der Waals surface area contributed by atoms with E-state index in [1.807, 2.05) is 34.6 Å². The summed E-state index contributed by atoms with van der Waals surface area (Å²) in [5.74, 6) is -1.21. The van der Waals surface area contributed by atoms with Gasteiger partial charge in [0.2, 0.25) is 0 Å². The van der Waals surface area contributed by atoms with Crippen LogP contribution in [0.5, 0.6) is 0 Å². The maximum absolute atomic E-state index is 13.3. The summed E-state index contributed by atoms with van der Waals surface area (Å²) < 4.78 is 40.0. The Kier molecular flexibility index (Phi) is 5.90. The summed E-state index contributed by atoms with van der Waals surface area (Å²) in [5, 5.41) is -0.372. The van der Waals surface area contributed by atoms with Gasteiger partial charge in [-0.3, -0.25) is 9.59 Å². The van der Waals surface area contributed by atoms with Gasteiger partial charge in [0, 0.05) is 10.8 Å². The molecule has 6 heteroatoms. The minimum Gasteiger partial charge on any atom is -0.298 e. The van der Waals surface area contributed by atoms with E-state index in [0.29, 0.717) is 29.5 Å². The van der Waals surface area contributed by atoms with Crippen LogP contribution < -0.4 is 0 Å². The average Bonchev–Trinajstić information content (AvgIpc) is 2.65. The number of halogens is 4. The molecule has 0 bridgehead atoms. The Bertz CT molecular complexity index is 1030. The molecule has 0 heterocycles. The quantitative estimate of drug-likeness (QED) is 0.461. The lowest BCUT2D eigenvalue weighted by molar-refractivity contribution is -0.147. The molecule has 166 valence electrons. The molecule has 0 amide bonds. The molecule has 1 saturated carbocycles. The normalized spacial score (nSPS) is 19.0. The van der Waals surface area contributed by atoms with Crippen molar-refractivity contribution >= 4 is 23.2 Å². The van der Waals surface area contributed by atoms with Crippen LogP contribution in [0, 0.1) is 10.8 Å². The highest BCUT2D eigenvalue weighted by Crippen LogP contribution is 2.48. The van der Waals surface area contributed by atoms with Crippen LogP contribution in [0.4, 0.5) is 13.2 Å². The van der Waals surface area contributed by atoms with Gasteiger partial charge in [0.15, 0.2) is 11.6 Å². The van der Waals surface area contributed by atoms with Crippen molar-refractivity contribution < 1.29 is 22.8 Å². The molecule has 0 aliphatic heterocycles. The smallest absolute Gasteiger partial charge is 0.298 e. The molecule has 2 aromatic rings. The van der Waals surface area contributed by atoms with Crippen molar-refractivity contribution in [2.24, 2.45) is 10.8 Å². The molecule has 31 heavy (non-hydrogen) atoms. The third kappa shape index (κ3) is 4.30. The average molecular weight is 451 g/mol. The van der Waals surface area contributed by atoms with E-state index in [1.165, 1.54) is 12.1 Å². The molecule has 0 saturated heterocycles. The first-order valence-corrected chi connectivity index (χ1v) is 10.7. The number of Topliss-reactive ketones (excluding diaryl/α,β-unsaturated/α-hetero) is 2. The van der Waals surface area contributed by atoms with Crippen LogP contribution in [0.3, 0.4) is 0 Å². The van der Waals surface area contributed by atoms with E-state index in [1.54, 1.807) is 18.2 Å². The second kappa shape index (κ2) is 7.77. The number of benzene rings is 2. The molecule has 0 unspecified atom stereocenters. The fourth-order valence-corrected chi connectivity index (χ4v) is 4.97. The summed E-state index contributed by atoms with van der Waals surface area (Å²) in [6.45, 7) is 9.32. The number of hydrogen-bond acceptors (Lipinski definition) is 2. The van der Waals surface area contributed by atoms with E-state index < -0.39 is 28.5 Å². The van der Waals surface area contributed by atoms with Crippen LogP contribution in [0.25, 0.3) is 11.1 Å². The first-order valence-electron chi connectivity index (χ1n) is 10.3. The molecule has 2 nitrogen and oxygen atoms in total. The number of ketones is 2. The van der Waals surface area contributed by atoms with Crippen LogP contribution in [0.15, 0.2) is 36.4 Å². The van der Waals surface area contributed by atoms with Crippen molar-refractivity contribution in [1.82, 2.24) is 0 Å². The summed E-state index contributed by atoms with van der Waals surface area (Å²) in [5.41, 5.74) is -0.00110. The largest absolute Gasteiger partial charge is 0.417 e. The molecular weight excluding hydrogens is 425 g/mol. The molecule has 0 radical (unpaired) electrons. The van der Waals surface area contributed by atoms with Gasteiger partial charge < -0.3 is 0 Å². The van der Waals surface area contributed by atoms with Gasteiger partial charge >= 0.3 is 6.18 Å². The highest BCUT2D eigenvalue weighted by atomic mass is 35.5. The zero-order valence-corrected chi connectivity index (χ0v) is 19.0. The van der Waals surface area contributed by atoms with E-state index in [0.717, 1.165) is 11.6 Å². The number of hydrogen-bond donors (Lipinski definition) is 0. The summed E-state index contributed by atoms with van der Waals surface area (Å²) in [6, 6.07) is 8.95. The number of rotatable bonds is 3. The van der Waals surface area contributed by atoms with Crippen molar-refractivity contribution in [3.05, 3.63) is 58.1 Å². The van der Waals surface area contributed by atoms with Crippen molar-refractivity contribution in [3.63, 3.8) is 0 Å². The molecule has 3 rings (SSSR count). The van der Waals surface area contributed by atoms with E-state index in [2.05, 4.69) is 0 Å². The van der Waals surface area contributed by atoms with Crippen molar-refractivity contribution in [2.75, 3.05) is 0 Å². The molecule has 0 aromatic heterocycles. The van der Waals surface area contributed by atoms with Crippen LogP contribution in [0.1, 0.15) is 63.6 Å². The van der Waals surface area contributed by atoms with Gasteiger partial charge in [-0.05, 0) is 53.3 Å². The Balaban J connectivity index is 2.19. The lowest BCUT2D eigenvalue weighted by atomic mass is 9.58. The Morgan fingerprint density at radius 1 is 0.935 bits per heavy atom. The van der Waals surface area contributed by atoms with Crippen molar-refractivity contribution in [3.8, 4) is 11.1 Å². The van der Waals surface area contributed by atoms with Gasteiger partial charge in [0.25, 0.3) is 0 Å². The molecule has 1 aliphatic carbocycles. The predicted octanol–water partition coefficient (Wildman–Crippen LogP) is 7.27. The van der Waals surface area contributed by atoms with Gasteiger partial charge in [-0.2, -0.15) is 13.2 Å². The molecule has 1 aliphatic rings. The summed E-state index contributed by atoms with van der Waals surface area (Å²) >= 11 is 5.76. The molecular formula is C25H26ClF3O2. The van der Waals surface area contributed by atoms with Gasteiger partial charge in [-0.25, -0.2) is 0 Å². The number of alkyl halides is 3. The zero-order chi connectivity index (χ0) is 23.4. The highest BCUT2D eigenvalue weighted by molar-refractivity contribution is 6.31. The monoisotopic (exact) mass is 450 g/mol. The van der Waals surface area contributed by atoms with Crippen LogP contribution in [-0.2, 0) is 22.2 Å². The van der Waals surface area contributed by atoms with Crippen LogP contribution >= 0.6 is 11.6 Å². The molecule has 0 N–H and O–H groups in total. The summed E-state index contributed by atoms with van der Waals surface area (Å²) in [6.07, 6.45) is -3.52. The van der Waals surface area contributed by atoms with Crippen molar-refractivity contribution in [2.45, 2.75) is 59.6 Å². The summed E-state index contributed by atoms with van der Waals surface area (Å²) in [4.78, 5) is 26.6. The fourth-order valence-electron chi connectivity index (χ4n) is 4.75. The van der Waals surface area contributed by atoms with Gasteiger partial charge in [-0.15, -0.1) is 0 Å². The molecule has 1 fully saturated rings. The third-order valence-electron chi connectivity index (χ3n) is 6.19. The predicted molar refractivity (Wildman–Crippen MR) is 116 cm³/mol. The minimum absolute atomic E-state index is 0.143. The number of carbonyl (C=O) groups is 2. The first-order chi connectivity index (χ1) is 14.2. The van der Waals surface area contributed by atoms with E-state index in [-0.39, 0.29) is 16.6 Å². The lowest BCUT2D eigenvalue weighted by Gasteiger charge is -2.42. The van der Waals surface area contributed by atoms with Gasteiger partial charge in [0.1, 0.15) is 5.92 Å².